The molecule has 196 valence electrons. The van der Waals surface area contributed by atoms with Crippen molar-refractivity contribution in [3.05, 3.63) is 54.5 Å². The van der Waals surface area contributed by atoms with Crippen molar-refractivity contribution in [3.63, 3.8) is 0 Å². The van der Waals surface area contributed by atoms with Gasteiger partial charge in [-0.3, -0.25) is 14.5 Å². The zero-order chi connectivity index (χ0) is 25.7. The Morgan fingerprint density at radius 3 is 2.57 bits per heavy atom. The molecule has 0 spiro atoms. The fourth-order valence-corrected chi connectivity index (χ4v) is 3.67. The normalized spacial score (nSPS) is 12.7. The first kappa shape index (κ1) is 27.4. The van der Waals surface area contributed by atoms with Crippen LogP contribution in [-0.2, 0) is 21.5 Å². The third kappa shape index (κ3) is 5.97. The third-order valence-corrected chi connectivity index (χ3v) is 6.19. The van der Waals surface area contributed by atoms with Crippen LogP contribution in [0.5, 0.6) is 0 Å². The van der Waals surface area contributed by atoms with Gasteiger partial charge in [0.1, 0.15) is 6.54 Å². The van der Waals surface area contributed by atoms with Crippen LogP contribution < -0.4 is 11.1 Å². The summed E-state index contributed by atoms with van der Waals surface area (Å²) < 4.78 is 12.0. The van der Waals surface area contributed by atoms with Crippen LogP contribution in [0.4, 0.5) is 5.95 Å². The van der Waals surface area contributed by atoms with Crippen LogP contribution in [-0.4, -0.2) is 61.0 Å². The quantitative estimate of drug-likeness (QED) is 0.305. The van der Waals surface area contributed by atoms with Crippen molar-refractivity contribution in [1.82, 2.24) is 40.2 Å². The number of methoxy groups -OCH3 is 1. The zero-order valence-electron chi connectivity index (χ0n) is 20.7. The second kappa shape index (κ2) is 11.7. The van der Waals surface area contributed by atoms with Gasteiger partial charge in [-0.1, -0.05) is 32.5 Å². The van der Waals surface area contributed by atoms with E-state index >= 15 is 0 Å². The maximum Gasteiger partial charge on any atom is 0.261 e. The molecule has 4 rings (SSSR count). The number of nitrogens with zero attached hydrogens (tertiary/aromatic N) is 7. The molecule has 0 aromatic carbocycles. The average Bonchev–Trinajstić information content (AvgIpc) is 3.54. The Morgan fingerprint density at radius 1 is 1.16 bits per heavy atom. The maximum atomic E-state index is 12.0. The summed E-state index contributed by atoms with van der Waals surface area (Å²) in [6.45, 7) is 7.21. The molecule has 1 amide bonds. The number of nitrogens with one attached hydrogen (secondary N) is 1. The molecule has 1 atom stereocenters. The summed E-state index contributed by atoms with van der Waals surface area (Å²) in [5, 5.41) is 11.3. The van der Waals surface area contributed by atoms with Crippen LogP contribution in [0.25, 0.3) is 22.7 Å². The minimum Gasteiger partial charge on any atom is -0.383 e. The van der Waals surface area contributed by atoms with Crippen LogP contribution >= 0.6 is 0 Å². The van der Waals surface area contributed by atoms with Gasteiger partial charge in [-0.2, -0.15) is 10.1 Å². The predicted octanol–water partition coefficient (Wildman–Crippen LogP) is 2.73. The highest BCUT2D eigenvalue weighted by molar-refractivity contribution is 5.75. The van der Waals surface area contributed by atoms with Gasteiger partial charge >= 0.3 is 0 Å². The molecule has 37 heavy (non-hydrogen) atoms. The molecular weight excluding hydrogens is 474 g/mol. The van der Waals surface area contributed by atoms with Crippen molar-refractivity contribution < 1.29 is 14.1 Å². The number of carbonyl (C=O) groups excluding carboxylic acids is 1. The smallest absolute Gasteiger partial charge is 0.261 e. The highest BCUT2D eigenvalue weighted by Gasteiger charge is 2.38. The van der Waals surface area contributed by atoms with Crippen molar-refractivity contribution in [2.75, 3.05) is 26.0 Å². The standard InChI is InChI=1S/C24H29N9O3.CH4/c1-15(2)24(3,18-5-6-19(27-12-18)16-9-28-23(25)29-10-16)22-31-21(36-32-22)17-11-30-33(13-17)14-20(34)26-7-8-35-4;/h5-6,9-13,15H,7-8,14H2,1-4H3,(H,26,34)(H2,25,28,29);1H4/t24-;/m1./s1. The van der Waals surface area contributed by atoms with E-state index in [2.05, 4.69) is 56.3 Å². The van der Waals surface area contributed by atoms with Crippen LogP contribution in [0.3, 0.4) is 0 Å². The number of nitrogen functional groups attached to an aromatic ring is 1. The predicted molar refractivity (Wildman–Crippen MR) is 138 cm³/mol. The molecule has 0 aliphatic rings. The van der Waals surface area contributed by atoms with E-state index in [1.54, 1.807) is 31.9 Å². The Morgan fingerprint density at radius 2 is 1.92 bits per heavy atom. The van der Waals surface area contributed by atoms with E-state index in [-0.39, 0.29) is 31.7 Å². The van der Waals surface area contributed by atoms with Crippen molar-refractivity contribution in [2.24, 2.45) is 5.92 Å². The summed E-state index contributed by atoms with van der Waals surface area (Å²) in [5.41, 5.74) is 8.08. The van der Waals surface area contributed by atoms with Crippen LogP contribution in [0.1, 0.15) is 39.6 Å². The Bertz CT molecular complexity index is 1300. The van der Waals surface area contributed by atoms with E-state index in [1.165, 1.54) is 4.68 Å². The van der Waals surface area contributed by atoms with Crippen LogP contribution in [0.2, 0.25) is 0 Å². The van der Waals surface area contributed by atoms with E-state index in [1.807, 2.05) is 18.3 Å². The number of rotatable bonds is 10. The summed E-state index contributed by atoms with van der Waals surface area (Å²) in [4.78, 5) is 29.4. The first-order chi connectivity index (χ1) is 17.3. The first-order valence-electron chi connectivity index (χ1n) is 11.5. The summed E-state index contributed by atoms with van der Waals surface area (Å²) in [6, 6.07) is 3.91. The average molecular weight is 508 g/mol. The molecule has 0 fully saturated rings. The SMILES string of the molecule is C.COCCNC(=O)Cn1cc(-c2nc([C@@](C)(c3ccc(-c4cnc(N)nc4)nc3)C(C)C)no2)cn1. The van der Waals surface area contributed by atoms with Gasteiger partial charge in [0.2, 0.25) is 11.9 Å². The number of carbonyl (C=O) groups is 1. The Balaban J connectivity index is 0.00000380. The molecule has 12 nitrogen and oxygen atoms in total. The van der Waals surface area contributed by atoms with Crippen LogP contribution in [0, 0.1) is 5.92 Å². The Hall–Kier alpha value is -4.19. The molecule has 0 saturated carbocycles. The fraction of sp³-hybridized carbons (Fsp3) is 0.400. The van der Waals surface area contributed by atoms with E-state index in [0.29, 0.717) is 30.4 Å². The molecule has 0 aliphatic heterocycles. The zero-order valence-corrected chi connectivity index (χ0v) is 20.7. The molecule has 4 heterocycles. The maximum absolute atomic E-state index is 12.0. The summed E-state index contributed by atoms with van der Waals surface area (Å²) in [5.74, 6) is 1.04. The van der Waals surface area contributed by atoms with Gasteiger partial charge in [0.05, 0.1) is 29.5 Å². The van der Waals surface area contributed by atoms with E-state index < -0.39 is 5.41 Å². The van der Waals surface area contributed by atoms with Gasteiger partial charge in [0, 0.05) is 44.0 Å². The summed E-state index contributed by atoms with van der Waals surface area (Å²) in [6.07, 6.45) is 8.38. The monoisotopic (exact) mass is 507 g/mol. The second-order valence-electron chi connectivity index (χ2n) is 8.81. The lowest BCUT2D eigenvalue weighted by atomic mass is 9.73. The van der Waals surface area contributed by atoms with Gasteiger partial charge < -0.3 is 20.3 Å². The molecular formula is C25H33N9O3. The molecule has 0 unspecified atom stereocenters. The largest absolute Gasteiger partial charge is 0.383 e. The molecule has 0 saturated heterocycles. The minimum atomic E-state index is -0.567. The molecule has 4 aromatic rings. The van der Waals surface area contributed by atoms with Gasteiger partial charge in [0.15, 0.2) is 5.82 Å². The first-order valence-corrected chi connectivity index (χ1v) is 11.5. The molecule has 0 radical (unpaired) electrons. The van der Waals surface area contributed by atoms with E-state index in [4.69, 9.17) is 15.0 Å². The lowest BCUT2D eigenvalue weighted by molar-refractivity contribution is -0.122. The number of hydrogen-bond donors (Lipinski definition) is 2. The summed E-state index contributed by atoms with van der Waals surface area (Å²) >= 11 is 0. The minimum absolute atomic E-state index is 0. The number of amides is 1. The van der Waals surface area contributed by atoms with E-state index in [0.717, 1.165) is 16.8 Å². The molecule has 12 heteroatoms. The molecule has 3 N–H and O–H groups in total. The van der Waals surface area contributed by atoms with Gasteiger partial charge in [-0.15, -0.1) is 0 Å². The summed E-state index contributed by atoms with van der Waals surface area (Å²) in [7, 11) is 1.58. The number of ether oxygens (including phenoxy) is 1. The number of nitrogens with two attached hydrogens (primary N) is 1. The van der Waals surface area contributed by atoms with E-state index in [9.17, 15) is 4.79 Å². The van der Waals surface area contributed by atoms with Gasteiger partial charge in [-0.05, 0) is 24.5 Å². The molecule has 4 aromatic heterocycles. The van der Waals surface area contributed by atoms with Crippen molar-refractivity contribution in [3.8, 4) is 22.7 Å². The van der Waals surface area contributed by atoms with Gasteiger partial charge in [0.25, 0.3) is 5.89 Å². The number of anilines is 1. The Kier molecular flexibility index (Phi) is 8.66. The number of pyridine rings is 1. The lowest BCUT2D eigenvalue weighted by Crippen LogP contribution is -2.31. The number of hydrogen-bond acceptors (Lipinski definition) is 10. The van der Waals surface area contributed by atoms with Crippen LogP contribution in [0.15, 0.2) is 47.6 Å². The fourth-order valence-electron chi connectivity index (χ4n) is 3.67. The number of aromatic nitrogens is 7. The topological polar surface area (TPSA) is 160 Å². The molecule has 0 aliphatic carbocycles. The van der Waals surface area contributed by atoms with Crippen molar-refractivity contribution >= 4 is 11.9 Å². The Labute approximate surface area is 215 Å². The van der Waals surface area contributed by atoms with Crippen molar-refractivity contribution in [2.45, 2.75) is 40.2 Å². The second-order valence-corrected chi connectivity index (χ2v) is 8.81. The molecule has 0 bridgehead atoms. The highest BCUT2D eigenvalue weighted by Crippen LogP contribution is 2.38. The van der Waals surface area contributed by atoms with Crippen molar-refractivity contribution in [1.29, 1.82) is 0 Å². The lowest BCUT2D eigenvalue weighted by Gasteiger charge is -2.30. The third-order valence-electron chi connectivity index (χ3n) is 6.19. The van der Waals surface area contributed by atoms with Gasteiger partial charge in [-0.25, -0.2) is 9.97 Å². The highest BCUT2D eigenvalue weighted by atomic mass is 16.5.